The monoisotopic (exact) mass is 458 g/mol. The summed E-state index contributed by atoms with van der Waals surface area (Å²) in [5.74, 6) is -1.28. The molecule has 1 atom stereocenters. The number of hydrogen-bond donors (Lipinski definition) is 1. The third-order valence-corrected chi connectivity index (χ3v) is 5.37. The number of ether oxygens (including phenoxy) is 2. The fourth-order valence-corrected chi connectivity index (χ4v) is 3.80. The molecule has 1 unspecified atom stereocenters. The van der Waals surface area contributed by atoms with Gasteiger partial charge in [0.25, 0.3) is 11.7 Å². The Hall–Kier alpha value is -2.90. The molecular weight excluding hydrogens is 432 g/mol. The van der Waals surface area contributed by atoms with Gasteiger partial charge in [-0.2, -0.15) is 0 Å². The number of nitrogens with zero attached hydrogens (tertiary/aromatic N) is 2. The van der Waals surface area contributed by atoms with Crippen LogP contribution < -0.4 is 4.74 Å². The highest BCUT2D eigenvalue weighted by Crippen LogP contribution is 2.40. The summed E-state index contributed by atoms with van der Waals surface area (Å²) in [5.41, 5.74) is 1.05. The average molecular weight is 459 g/mol. The molecule has 1 aliphatic heterocycles. The van der Waals surface area contributed by atoms with Crippen molar-refractivity contribution in [3.63, 3.8) is 0 Å². The summed E-state index contributed by atoms with van der Waals surface area (Å²) in [5, 5.41) is 11.5. The number of Topliss-reactive ketones (excluding diaryl/α,β-unsaturated/α-hetero) is 1. The summed E-state index contributed by atoms with van der Waals surface area (Å²) in [6.07, 6.45) is 3.81. The highest BCUT2D eigenvalue weighted by atomic mass is 35.5. The van der Waals surface area contributed by atoms with Gasteiger partial charge in [-0.05, 0) is 63.1 Å². The highest BCUT2D eigenvalue weighted by Gasteiger charge is 2.45. The third kappa shape index (κ3) is 5.11. The zero-order valence-corrected chi connectivity index (χ0v) is 19.1. The summed E-state index contributed by atoms with van der Waals surface area (Å²) in [6, 6.07) is 7.47. The lowest BCUT2D eigenvalue weighted by molar-refractivity contribution is -0.140. The summed E-state index contributed by atoms with van der Waals surface area (Å²) < 4.78 is 11.1. The normalized spacial score (nSPS) is 17.9. The standard InChI is InChI=1S/C24H27ClN2O5/c1-4-31-19-14-17(6-7-18(19)25)22(28)20-21(16-8-10-26-11-9-16)27(24(30)23(20)29)12-5-13-32-15(2)3/h6-11,14-15,21,28H,4-5,12-13H2,1-3H3/b22-20-. The van der Waals surface area contributed by atoms with Gasteiger partial charge in [0.05, 0.1) is 29.3 Å². The molecule has 1 amide bonds. The van der Waals surface area contributed by atoms with Gasteiger partial charge >= 0.3 is 0 Å². The Kier molecular flexibility index (Phi) is 7.88. The fraction of sp³-hybridized carbons (Fsp3) is 0.375. The SMILES string of the molecule is CCOc1cc(/C(O)=C2/C(=O)C(=O)N(CCCOC(C)C)C2c2ccncc2)ccc1Cl. The summed E-state index contributed by atoms with van der Waals surface area (Å²) >= 11 is 6.16. The topological polar surface area (TPSA) is 89.0 Å². The Morgan fingerprint density at radius 1 is 1.22 bits per heavy atom. The van der Waals surface area contributed by atoms with E-state index in [2.05, 4.69) is 4.98 Å². The van der Waals surface area contributed by atoms with Crippen LogP contribution in [0.1, 0.15) is 44.4 Å². The lowest BCUT2D eigenvalue weighted by Crippen LogP contribution is -2.31. The Bertz CT molecular complexity index is 1010. The molecule has 0 radical (unpaired) electrons. The van der Waals surface area contributed by atoms with Gasteiger partial charge in [0, 0.05) is 31.1 Å². The van der Waals surface area contributed by atoms with Gasteiger partial charge in [0.1, 0.15) is 11.5 Å². The second-order valence-corrected chi connectivity index (χ2v) is 8.03. The maximum absolute atomic E-state index is 13.0. The van der Waals surface area contributed by atoms with Crippen molar-refractivity contribution in [1.82, 2.24) is 9.88 Å². The van der Waals surface area contributed by atoms with E-state index in [4.69, 9.17) is 21.1 Å². The van der Waals surface area contributed by atoms with E-state index in [1.165, 1.54) is 4.90 Å². The van der Waals surface area contributed by atoms with Gasteiger partial charge in [-0.1, -0.05) is 11.6 Å². The van der Waals surface area contributed by atoms with Crippen LogP contribution in [0.25, 0.3) is 5.76 Å². The Balaban J connectivity index is 2.03. The number of amides is 1. The average Bonchev–Trinajstić information content (AvgIpc) is 3.03. The van der Waals surface area contributed by atoms with E-state index in [9.17, 15) is 14.7 Å². The minimum absolute atomic E-state index is 0.0238. The van der Waals surface area contributed by atoms with Crippen molar-refractivity contribution < 1.29 is 24.2 Å². The number of aliphatic hydroxyl groups is 1. The van der Waals surface area contributed by atoms with Crippen LogP contribution in [0.15, 0.2) is 48.3 Å². The Morgan fingerprint density at radius 3 is 2.59 bits per heavy atom. The molecule has 1 saturated heterocycles. The number of pyridine rings is 1. The smallest absolute Gasteiger partial charge is 0.295 e. The number of halogens is 1. The first-order valence-corrected chi connectivity index (χ1v) is 11.0. The molecule has 32 heavy (non-hydrogen) atoms. The molecule has 2 aromatic rings. The zero-order valence-electron chi connectivity index (χ0n) is 18.4. The van der Waals surface area contributed by atoms with Crippen molar-refractivity contribution in [3.05, 3.63) is 64.4 Å². The molecule has 8 heteroatoms. The minimum Gasteiger partial charge on any atom is -0.507 e. The van der Waals surface area contributed by atoms with Crippen molar-refractivity contribution in [2.24, 2.45) is 0 Å². The predicted octanol–water partition coefficient (Wildman–Crippen LogP) is 4.37. The highest BCUT2D eigenvalue weighted by molar-refractivity contribution is 6.46. The molecular formula is C24H27ClN2O5. The number of rotatable bonds is 9. The third-order valence-electron chi connectivity index (χ3n) is 5.06. The lowest BCUT2D eigenvalue weighted by atomic mass is 9.96. The molecule has 7 nitrogen and oxygen atoms in total. The molecule has 0 bridgehead atoms. The molecule has 1 N–H and O–H groups in total. The number of benzene rings is 1. The summed E-state index contributed by atoms with van der Waals surface area (Å²) in [4.78, 5) is 31.4. The van der Waals surface area contributed by atoms with Crippen LogP contribution in [0.2, 0.25) is 5.02 Å². The van der Waals surface area contributed by atoms with Gasteiger partial charge < -0.3 is 19.5 Å². The van der Waals surface area contributed by atoms with Crippen molar-refractivity contribution in [2.45, 2.75) is 39.3 Å². The van der Waals surface area contributed by atoms with E-state index < -0.39 is 17.7 Å². The van der Waals surface area contributed by atoms with Gasteiger partial charge in [0.15, 0.2) is 0 Å². The second kappa shape index (κ2) is 10.6. The maximum atomic E-state index is 13.0. The first-order valence-electron chi connectivity index (χ1n) is 10.6. The van der Waals surface area contributed by atoms with Gasteiger partial charge in [-0.15, -0.1) is 0 Å². The van der Waals surface area contributed by atoms with Gasteiger partial charge in [-0.3, -0.25) is 14.6 Å². The molecule has 0 aliphatic carbocycles. The van der Waals surface area contributed by atoms with E-state index >= 15 is 0 Å². The molecule has 3 rings (SSSR count). The van der Waals surface area contributed by atoms with Crippen molar-refractivity contribution in [3.8, 4) is 5.75 Å². The lowest BCUT2D eigenvalue weighted by Gasteiger charge is -2.25. The first-order chi connectivity index (χ1) is 15.3. The van der Waals surface area contributed by atoms with Crippen LogP contribution >= 0.6 is 11.6 Å². The number of carbonyl (C=O) groups excluding carboxylic acids is 2. The number of carbonyl (C=O) groups is 2. The van der Waals surface area contributed by atoms with E-state index in [1.54, 1.807) is 42.7 Å². The predicted molar refractivity (Wildman–Crippen MR) is 122 cm³/mol. The number of ketones is 1. The van der Waals surface area contributed by atoms with E-state index in [0.29, 0.717) is 48.1 Å². The van der Waals surface area contributed by atoms with E-state index in [-0.39, 0.29) is 17.4 Å². The summed E-state index contributed by atoms with van der Waals surface area (Å²) in [7, 11) is 0. The van der Waals surface area contributed by atoms with Crippen molar-refractivity contribution in [2.75, 3.05) is 19.8 Å². The Labute approximate surface area is 192 Å². The van der Waals surface area contributed by atoms with Crippen LogP contribution in [0.3, 0.4) is 0 Å². The van der Waals surface area contributed by atoms with E-state index in [1.807, 2.05) is 20.8 Å². The number of hydrogen-bond acceptors (Lipinski definition) is 6. The van der Waals surface area contributed by atoms with Crippen LogP contribution in [0.4, 0.5) is 0 Å². The number of likely N-dealkylation sites (tertiary alicyclic amines) is 1. The zero-order chi connectivity index (χ0) is 23.3. The molecule has 0 spiro atoms. The molecule has 1 aromatic heterocycles. The maximum Gasteiger partial charge on any atom is 0.295 e. The second-order valence-electron chi connectivity index (χ2n) is 7.62. The number of aliphatic hydroxyl groups excluding tert-OH is 1. The molecule has 2 heterocycles. The minimum atomic E-state index is -0.734. The molecule has 1 fully saturated rings. The molecule has 1 aliphatic rings. The van der Waals surface area contributed by atoms with Crippen LogP contribution in [-0.4, -0.2) is 52.5 Å². The van der Waals surface area contributed by atoms with Crippen LogP contribution in [0, 0.1) is 0 Å². The van der Waals surface area contributed by atoms with E-state index in [0.717, 1.165) is 0 Å². The Morgan fingerprint density at radius 2 is 1.94 bits per heavy atom. The largest absolute Gasteiger partial charge is 0.507 e. The first kappa shape index (κ1) is 23.8. The van der Waals surface area contributed by atoms with Gasteiger partial charge in [-0.25, -0.2) is 0 Å². The fourth-order valence-electron chi connectivity index (χ4n) is 3.63. The molecule has 170 valence electrons. The molecule has 1 aromatic carbocycles. The van der Waals surface area contributed by atoms with Gasteiger partial charge in [0.2, 0.25) is 0 Å². The molecule has 0 saturated carbocycles. The quantitative estimate of drug-likeness (QED) is 0.260. The van der Waals surface area contributed by atoms with Crippen LogP contribution in [0.5, 0.6) is 5.75 Å². The number of aromatic nitrogens is 1. The van der Waals surface area contributed by atoms with Crippen molar-refractivity contribution in [1.29, 1.82) is 0 Å². The van der Waals surface area contributed by atoms with Crippen LogP contribution in [-0.2, 0) is 14.3 Å². The van der Waals surface area contributed by atoms with Crippen molar-refractivity contribution >= 4 is 29.1 Å². The summed E-state index contributed by atoms with van der Waals surface area (Å²) in [6.45, 7) is 6.85.